The molecule has 18 heavy (non-hydrogen) atoms. The normalized spacial score (nSPS) is 14.1. The monoisotopic (exact) mass is 282 g/mol. The lowest BCUT2D eigenvalue weighted by Crippen LogP contribution is -1.98. The van der Waals surface area contributed by atoms with E-state index in [4.69, 9.17) is 8.83 Å². The van der Waals surface area contributed by atoms with E-state index in [0.717, 1.165) is 22.7 Å². The number of furan rings is 2. The lowest BCUT2D eigenvalue weighted by molar-refractivity contribution is 0.485. The average Bonchev–Trinajstić information content (AvgIpc) is 2.86. The molecule has 0 aromatic carbocycles. The zero-order chi connectivity index (χ0) is 12.9. The van der Waals surface area contributed by atoms with Crippen molar-refractivity contribution in [2.45, 2.75) is 0 Å². The van der Waals surface area contributed by atoms with Crippen LogP contribution in [-0.2, 0) is 0 Å². The first kappa shape index (κ1) is 11.3. The Balaban J connectivity index is 2.72. The number of hydrogen-bond acceptors (Lipinski definition) is 8. The van der Waals surface area contributed by atoms with E-state index in [1.807, 2.05) is 0 Å². The molecule has 0 saturated heterocycles. The van der Waals surface area contributed by atoms with Crippen molar-refractivity contribution in [3.8, 4) is 0 Å². The van der Waals surface area contributed by atoms with E-state index in [-0.39, 0.29) is 11.1 Å². The highest BCUT2D eigenvalue weighted by molar-refractivity contribution is 7.36. The largest absolute Gasteiger partial charge is 0.402 e. The number of rotatable bonds is 0. The molecule has 0 amide bonds. The first-order chi connectivity index (χ1) is 8.65. The molecule has 3 aromatic rings. The summed E-state index contributed by atoms with van der Waals surface area (Å²) in [5.41, 5.74) is -0.420. The number of hydrogen-bond donors (Lipinski definition) is 0. The molecule has 0 N–H and O–H groups in total. The van der Waals surface area contributed by atoms with E-state index in [0.29, 0.717) is 18.8 Å². The van der Waals surface area contributed by atoms with E-state index >= 15 is 0 Å². The molecule has 0 radical (unpaired) electrons. The number of fused-ring (bicyclic) bond motifs is 2. The quantitative estimate of drug-likeness (QED) is 0.601. The molecule has 6 nitrogen and oxygen atoms in total. The van der Waals surface area contributed by atoms with Gasteiger partial charge in [0, 0.05) is 14.1 Å². The van der Waals surface area contributed by atoms with Crippen molar-refractivity contribution < 1.29 is 8.83 Å². The summed E-state index contributed by atoms with van der Waals surface area (Å²) < 4.78 is 12.0. The molecule has 3 rings (SSSR count). The summed E-state index contributed by atoms with van der Waals surface area (Å²) in [5, 5.41) is 0. The van der Waals surface area contributed by atoms with Crippen LogP contribution in [0.5, 0.6) is 0 Å². The molecule has 0 saturated carbocycles. The van der Waals surface area contributed by atoms with Gasteiger partial charge in [-0.3, -0.25) is 9.98 Å². The van der Waals surface area contributed by atoms with Gasteiger partial charge in [0.2, 0.25) is 11.1 Å². The van der Waals surface area contributed by atoms with E-state index in [1.54, 1.807) is 0 Å². The van der Waals surface area contributed by atoms with Crippen molar-refractivity contribution in [2.24, 2.45) is 9.98 Å². The topological polar surface area (TPSA) is 85.1 Å². The van der Waals surface area contributed by atoms with Crippen LogP contribution in [0.15, 0.2) is 28.4 Å². The Hall–Kier alpha value is -1.80. The third-order valence-electron chi connectivity index (χ3n) is 2.36. The van der Waals surface area contributed by atoms with Crippen LogP contribution in [-0.4, -0.2) is 14.1 Å². The minimum Gasteiger partial charge on any atom is -0.402 e. The second-order valence-corrected chi connectivity index (χ2v) is 5.40. The lowest BCUT2D eigenvalue weighted by atomic mass is 10.6. The maximum Gasteiger partial charge on any atom is 0.356 e. The SMILES string of the molecule is CN=c1oc(=O)c2sc3c(=NC)oc(=O)c3sc12. The van der Waals surface area contributed by atoms with Gasteiger partial charge in [-0.25, -0.2) is 9.59 Å². The highest BCUT2D eigenvalue weighted by atomic mass is 32.1. The van der Waals surface area contributed by atoms with Gasteiger partial charge in [0.05, 0.1) is 0 Å². The maximum absolute atomic E-state index is 11.7. The molecular formula is C10H6N2O4S2. The molecule has 0 aliphatic rings. The van der Waals surface area contributed by atoms with Gasteiger partial charge in [0.25, 0.3) is 0 Å². The molecular weight excluding hydrogens is 276 g/mol. The van der Waals surface area contributed by atoms with Gasteiger partial charge in [0.15, 0.2) is 0 Å². The Morgan fingerprint density at radius 2 is 1.17 bits per heavy atom. The van der Waals surface area contributed by atoms with Gasteiger partial charge < -0.3 is 8.83 Å². The zero-order valence-corrected chi connectivity index (χ0v) is 11.0. The predicted octanol–water partition coefficient (Wildman–Crippen LogP) is 0.521. The Kier molecular flexibility index (Phi) is 2.42. The third kappa shape index (κ3) is 1.39. The number of nitrogens with zero attached hydrogens (tertiary/aromatic N) is 2. The lowest BCUT2D eigenvalue weighted by Gasteiger charge is -1.85. The van der Waals surface area contributed by atoms with Gasteiger partial charge in [0.1, 0.15) is 18.8 Å². The summed E-state index contributed by atoms with van der Waals surface area (Å²) in [4.78, 5) is 31.1. The molecule has 0 spiro atoms. The van der Waals surface area contributed by atoms with Crippen LogP contribution >= 0.6 is 22.7 Å². The summed E-state index contributed by atoms with van der Waals surface area (Å²) in [6.45, 7) is 0. The highest BCUT2D eigenvalue weighted by Gasteiger charge is 2.15. The van der Waals surface area contributed by atoms with Crippen molar-refractivity contribution in [1.82, 2.24) is 0 Å². The molecule has 92 valence electrons. The minimum absolute atomic E-state index is 0.244. The molecule has 3 aromatic heterocycles. The van der Waals surface area contributed by atoms with E-state index in [9.17, 15) is 9.59 Å². The standard InChI is InChI=1S/C10H6N2O4S2/c1-11-7-3-5(9(13)15-7)18-4-6(17-3)10(14)16-8(4)12-2/h1-2H3. The summed E-state index contributed by atoms with van der Waals surface area (Å²) in [6.07, 6.45) is 0. The van der Waals surface area contributed by atoms with Crippen LogP contribution in [0.25, 0.3) is 18.8 Å². The fraction of sp³-hybridized carbons (Fsp3) is 0.200. The van der Waals surface area contributed by atoms with Crippen molar-refractivity contribution in [2.75, 3.05) is 14.1 Å². The summed E-state index contributed by atoms with van der Waals surface area (Å²) in [7, 11) is 3.05. The van der Waals surface area contributed by atoms with Gasteiger partial charge in [-0.1, -0.05) is 0 Å². The fourth-order valence-electron chi connectivity index (χ4n) is 1.60. The predicted molar refractivity (Wildman–Crippen MR) is 68.4 cm³/mol. The first-order valence-corrected chi connectivity index (χ1v) is 6.52. The molecule has 0 bridgehead atoms. The second-order valence-electron chi connectivity index (χ2n) is 3.36. The maximum atomic E-state index is 11.7. The van der Waals surface area contributed by atoms with E-state index in [1.165, 1.54) is 14.1 Å². The third-order valence-corrected chi connectivity index (χ3v) is 4.94. The molecule has 8 heteroatoms. The van der Waals surface area contributed by atoms with Crippen LogP contribution in [0.1, 0.15) is 0 Å². The van der Waals surface area contributed by atoms with Gasteiger partial charge >= 0.3 is 11.3 Å². The second kappa shape index (κ2) is 3.85. The molecule has 0 atom stereocenters. The molecule has 0 unspecified atom stereocenters. The van der Waals surface area contributed by atoms with Crippen LogP contribution in [0.4, 0.5) is 0 Å². The van der Waals surface area contributed by atoms with Crippen molar-refractivity contribution in [3.05, 3.63) is 31.9 Å². The molecule has 0 aliphatic carbocycles. The van der Waals surface area contributed by atoms with Crippen molar-refractivity contribution in [3.63, 3.8) is 0 Å². The van der Waals surface area contributed by atoms with Gasteiger partial charge in [-0.2, -0.15) is 0 Å². The minimum atomic E-state index is -0.454. The average molecular weight is 282 g/mol. The first-order valence-electron chi connectivity index (χ1n) is 4.88. The highest BCUT2D eigenvalue weighted by Crippen LogP contribution is 2.25. The smallest absolute Gasteiger partial charge is 0.356 e. The van der Waals surface area contributed by atoms with Gasteiger partial charge in [-0.15, -0.1) is 22.7 Å². The Morgan fingerprint density at radius 3 is 1.50 bits per heavy atom. The molecule has 0 aliphatic heterocycles. The summed E-state index contributed by atoms with van der Waals surface area (Å²) in [5.74, 6) is 0. The van der Waals surface area contributed by atoms with Crippen molar-refractivity contribution >= 4 is 41.5 Å². The van der Waals surface area contributed by atoms with Gasteiger partial charge in [-0.05, 0) is 0 Å². The van der Waals surface area contributed by atoms with Crippen LogP contribution in [0.2, 0.25) is 0 Å². The molecule has 3 heterocycles. The Bertz CT molecular complexity index is 907. The Morgan fingerprint density at radius 1 is 0.778 bits per heavy atom. The van der Waals surface area contributed by atoms with Crippen LogP contribution in [0.3, 0.4) is 0 Å². The zero-order valence-electron chi connectivity index (χ0n) is 9.34. The molecule has 0 fully saturated rings. The van der Waals surface area contributed by atoms with Crippen molar-refractivity contribution in [1.29, 1.82) is 0 Å². The summed E-state index contributed by atoms with van der Waals surface area (Å²) in [6, 6.07) is 0. The fourth-order valence-corrected chi connectivity index (χ4v) is 3.91. The van der Waals surface area contributed by atoms with Crippen LogP contribution < -0.4 is 22.4 Å². The van der Waals surface area contributed by atoms with E-state index in [2.05, 4.69) is 9.98 Å². The Labute approximate surface area is 107 Å². The van der Waals surface area contributed by atoms with Crippen LogP contribution in [0, 0.1) is 0 Å². The van der Waals surface area contributed by atoms with E-state index < -0.39 is 11.3 Å². The summed E-state index contributed by atoms with van der Waals surface area (Å²) >= 11 is 2.29.